The van der Waals surface area contributed by atoms with E-state index in [4.69, 9.17) is 17.3 Å². The molecular weight excluding hydrogens is 246 g/mol. The van der Waals surface area contributed by atoms with Gasteiger partial charge in [-0.15, -0.1) is 0 Å². The lowest BCUT2D eigenvalue weighted by atomic mass is 10.1. The zero-order chi connectivity index (χ0) is 12.9. The normalized spacial score (nSPS) is 15.1. The molecule has 1 aliphatic rings. The van der Waals surface area contributed by atoms with Gasteiger partial charge in [0.2, 0.25) is 0 Å². The monoisotopic (exact) mass is 261 g/mol. The number of aryl methyl sites for hydroxylation is 2. The Balaban J connectivity index is 2.11. The summed E-state index contributed by atoms with van der Waals surface area (Å²) in [6.45, 7) is 4.00. The van der Waals surface area contributed by atoms with Gasteiger partial charge in [-0.1, -0.05) is 23.7 Å². The third kappa shape index (κ3) is 1.79. The zero-order valence-electron chi connectivity index (χ0n) is 10.6. The number of aromatic nitrogens is 2. The van der Waals surface area contributed by atoms with E-state index < -0.39 is 0 Å². The lowest BCUT2D eigenvalue weighted by Crippen LogP contribution is -2.02. The Morgan fingerprint density at radius 3 is 2.67 bits per heavy atom. The van der Waals surface area contributed by atoms with Gasteiger partial charge >= 0.3 is 0 Å². The van der Waals surface area contributed by atoms with Gasteiger partial charge < -0.3 is 10.3 Å². The van der Waals surface area contributed by atoms with Crippen molar-refractivity contribution in [1.82, 2.24) is 9.55 Å². The number of imidazole rings is 1. The van der Waals surface area contributed by atoms with Crippen LogP contribution in [0, 0.1) is 13.8 Å². The molecule has 0 aliphatic heterocycles. The van der Waals surface area contributed by atoms with Crippen molar-refractivity contribution in [3.05, 3.63) is 34.6 Å². The molecule has 1 aromatic carbocycles. The van der Waals surface area contributed by atoms with Crippen LogP contribution < -0.4 is 5.73 Å². The van der Waals surface area contributed by atoms with Crippen molar-refractivity contribution in [2.24, 2.45) is 0 Å². The smallest absolute Gasteiger partial charge is 0.131 e. The molecule has 0 unspecified atom stereocenters. The summed E-state index contributed by atoms with van der Waals surface area (Å²) in [6, 6.07) is 6.51. The Hall–Kier alpha value is -1.48. The highest BCUT2D eigenvalue weighted by Crippen LogP contribution is 2.40. The third-order valence-electron chi connectivity index (χ3n) is 3.48. The number of benzene rings is 1. The van der Waals surface area contributed by atoms with Crippen molar-refractivity contribution < 1.29 is 0 Å². The summed E-state index contributed by atoms with van der Waals surface area (Å²) in [5, 5.41) is 0.755. The third-order valence-corrected chi connectivity index (χ3v) is 3.89. The van der Waals surface area contributed by atoms with Crippen molar-refractivity contribution >= 4 is 17.4 Å². The molecule has 0 bridgehead atoms. The summed E-state index contributed by atoms with van der Waals surface area (Å²) in [4.78, 5) is 4.59. The summed E-state index contributed by atoms with van der Waals surface area (Å²) >= 11 is 6.16. The molecule has 18 heavy (non-hydrogen) atoms. The first-order valence-corrected chi connectivity index (χ1v) is 6.56. The first kappa shape index (κ1) is 11.6. The molecule has 0 saturated heterocycles. The highest BCUT2D eigenvalue weighted by molar-refractivity contribution is 6.31. The van der Waals surface area contributed by atoms with Gasteiger partial charge in [-0.3, -0.25) is 0 Å². The lowest BCUT2D eigenvalue weighted by molar-refractivity contribution is 0.720. The first-order chi connectivity index (χ1) is 8.58. The summed E-state index contributed by atoms with van der Waals surface area (Å²) in [5.41, 5.74) is 9.13. The summed E-state index contributed by atoms with van der Waals surface area (Å²) in [5.74, 6) is 1.75. The fourth-order valence-electron chi connectivity index (χ4n) is 2.31. The van der Waals surface area contributed by atoms with Gasteiger partial charge in [-0.25, -0.2) is 4.98 Å². The predicted octanol–water partition coefficient (Wildman–Crippen LogP) is 3.74. The summed E-state index contributed by atoms with van der Waals surface area (Å²) < 4.78 is 2.14. The molecule has 1 saturated carbocycles. The van der Waals surface area contributed by atoms with E-state index in [1.54, 1.807) is 0 Å². The van der Waals surface area contributed by atoms with E-state index in [2.05, 4.69) is 9.55 Å². The van der Waals surface area contributed by atoms with Crippen LogP contribution in [-0.4, -0.2) is 9.55 Å². The van der Waals surface area contributed by atoms with Crippen LogP contribution in [0.1, 0.15) is 30.3 Å². The van der Waals surface area contributed by atoms with Crippen LogP contribution in [0.3, 0.4) is 0 Å². The SMILES string of the molecule is Cc1ccc(-c2nc(C)n(C3CC3)c2N)cc1Cl. The van der Waals surface area contributed by atoms with E-state index in [9.17, 15) is 0 Å². The number of rotatable bonds is 2. The van der Waals surface area contributed by atoms with Gasteiger partial charge in [0.1, 0.15) is 17.3 Å². The number of nitrogens with two attached hydrogens (primary N) is 1. The van der Waals surface area contributed by atoms with Gasteiger partial charge in [0.05, 0.1) is 0 Å². The molecule has 3 rings (SSSR count). The highest BCUT2D eigenvalue weighted by Gasteiger charge is 2.28. The van der Waals surface area contributed by atoms with Crippen molar-refractivity contribution in [2.45, 2.75) is 32.7 Å². The van der Waals surface area contributed by atoms with Crippen LogP contribution in [-0.2, 0) is 0 Å². The molecule has 3 nitrogen and oxygen atoms in total. The minimum Gasteiger partial charge on any atom is -0.383 e. The highest BCUT2D eigenvalue weighted by atomic mass is 35.5. The largest absolute Gasteiger partial charge is 0.383 e. The van der Waals surface area contributed by atoms with E-state index in [1.165, 1.54) is 12.8 Å². The molecule has 0 atom stereocenters. The van der Waals surface area contributed by atoms with Gasteiger partial charge in [-0.05, 0) is 38.3 Å². The Morgan fingerprint density at radius 2 is 2.06 bits per heavy atom. The molecule has 0 spiro atoms. The second-order valence-corrected chi connectivity index (χ2v) is 5.37. The van der Waals surface area contributed by atoms with E-state index >= 15 is 0 Å². The number of hydrogen-bond donors (Lipinski definition) is 1. The second-order valence-electron chi connectivity index (χ2n) is 4.96. The van der Waals surface area contributed by atoms with Gasteiger partial charge in [0.15, 0.2) is 0 Å². The molecule has 2 N–H and O–H groups in total. The first-order valence-electron chi connectivity index (χ1n) is 6.18. The maximum Gasteiger partial charge on any atom is 0.131 e. The van der Waals surface area contributed by atoms with Crippen molar-refractivity contribution in [3.63, 3.8) is 0 Å². The second kappa shape index (κ2) is 4.02. The number of halogens is 1. The molecule has 1 heterocycles. The van der Waals surface area contributed by atoms with E-state index in [0.717, 1.165) is 33.5 Å². The number of anilines is 1. The molecule has 2 aromatic rings. The van der Waals surface area contributed by atoms with Crippen molar-refractivity contribution in [1.29, 1.82) is 0 Å². The molecule has 1 fully saturated rings. The van der Waals surface area contributed by atoms with Crippen LogP contribution >= 0.6 is 11.6 Å². The number of hydrogen-bond acceptors (Lipinski definition) is 2. The summed E-state index contributed by atoms with van der Waals surface area (Å²) in [7, 11) is 0. The number of nitrogen functional groups attached to an aromatic ring is 1. The lowest BCUT2D eigenvalue weighted by Gasteiger charge is -2.06. The Bertz CT molecular complexity index is 612. The quantitative estimate of drug-likeness (QED) is 0.895. The molecule has 1 aromatic heterocycles. The van der Waals surface area contributed by atoms with Gasteiger partial charge in [0, 0.05) is 16.6 Å². The molecule has 0 amide bonds. The topological polar surface area (TPSA) is 43.8 Å². The van der Waals surface area contributed by atoms with E-state index in [0.29, 0.717) is 6.04 Å². The van der Waals surface area contributed by atoms with Crippen LogP contribution in [0.2, 0.25) is 5.02 Å². The molecule has 94 valence electrons. The van der Waals surface area contributed by atoms with Gasteiger partial charge in [-0.2, -0.15) is 0 Å². The van der Waals surface area contributed by atoms with Crippen molar-refractivity contribution in [3.8, 4) is 11.3 Å². The Morgan fingerprint density at radius 1 is 1.33 bits per heavy atom. The standard InChI is InChI=1S/C14H16ClN3/c1-8-3-4-10(7-12(8)15)13-14(16)18(9(2)17-13)11-5-6-11/h3-4,7,11H,5-6,16H2,1-2H3. The van der Waals surface area contributed by atoms with E-state index in [1.807, 2.05) is 32.0 Å². The van der Waals surface area contributed by atoms with Crippen LogP contribution in [0.25, 0.3) is 11.3 Å². The van der Waals surface area contributed by atoms with Crippen LogP contribution in [0.5, 0.6) is 0 Å². The summed E-state index contributed by atoms with van der Waals surface area (Å²) in [6.07, 6.45) is 2.41. The molecular formula is C14H16ClN3. The number of nitrogens with zero attached hydrogens (tertiary/aromatic N) is 2. The minimum absolute atomic E-state index is 0.548. The molecule has 0 radical (unpaired) electrons. The predicted molar refractivity (Wildman–Crippen MR) is 74.8 cm³/mol. The Labute approximate surface area is 112 Å². The maximum absolute atomic E-state index is 6.22. The molecule has 1 aliphatic carbocycles. The minimum atomic E-state index is 0.548. The van der Waals surface area contributed by atoms with Crippen LogP contribution in [0.15, 0.2) is 18.2 Å². The fraction of sp³-hybridized carbons (Fsp3) is 0.357. The average molecular weight is 262 g/mol. The van der Waals surface area contributed by atoms with Gasteiger partial charge in [0.25, 0.3) is 0 Å². The fourth-order valence-corrected chi connectivity index (χ4v) is 2.49. The average Bonchev–Trinajstić information content (AvgIpc) is 3.10. The van der Waals surface area contributed by atoms with E-state index in [-0.39, 0.29) is 0 Å². The zero-order valence-corrected chi connectivity index (χ0v) is 11.3. The van der Waals surface area contributed by atoms with Crippen molar-refractivity contribution in [2.75, 3.05) is 5.73 Å². The molecule has 4 heteroatoms. The van der Waals surface area contributed by atoms with Crippen LogP contribution in [0.4, 0.5) is 5.82 Å². The maximum atomic E-state index is 6.22. The Kier molecular flexibility index (Phi) is 2.59.